The van der Waals surface area contributed by atoms with Crippen molar-refractivity contribution in [3.8, 4) is 0 Å². The van der Waals surface area contributed by atoms with Gasteiger partial charge in [0.1, 0.15) is 0 Å². The quantitative estimate of drug-likeness (QED) is 0.753. The Morgan fingerprint density at radius 3 is 2.32 bits per heavy atom. The van der Waals surface area contributed by atoms with Crippen molar-refractivity contribution in [3.63, 3.8) is 0 Å². The van der Waals surface area contributed by atoms with E-state index in [2.05, 4.69) is 0 Å². The fraction of sp³-hybridized carbons (Fsp3) is 0.133. The highest BCUT2D eigenvalue weighted by Crippen LogP contribution is 2.28. The molecule has 2 aromatic rings. The fourth-order valence-corrected chi connectivity index (χ4v) is 2.17. The Morgan fingerprint density at radius 1 is 1.00 bits per heavy atom. The number of rotatable bonds is 4. The van der Waals surface area contributed by atoms with E-state index >= 15 is 0 Å². The van der Waals surface area contributed by atoms with Crippen LogP contribution in [0.1, 0.15) is 6.42 Å². The highest BCUT2D eigenvalue weighted by atomic mass is 35.5. The number of carbonyl (C=O) groups is 1. The predicted octanol–water partition coefficient (Wildman–Crippen LogP) is 4.63. The van der Waals surface area contributed by atoms with Crippen LogP contribution in [0.2, 0.25) is 5.02 Å². The number of hydrogen-bond acceptors (Lipinski definition) is 1. The maximum absolute atomic E-state index is 12.3. The fourth-order valence-electron chi connectivity index (χ4n) is 1.82. The predicted molar refractivity (Wildman–Crippen MR) is 80.4 cm³/mol. The molecule has 0 aromatic heterocycles. The zero-order valence-corrected chi connectivity index (χ0v) is 11.7. The first kappa shape index (κ1) is 13.9. The summed E-state index contributed by atoms with van der Waals surface area (Å²) in [6.45, 7) is 0. The molecular formula is C15H13Cl2NO. The molecule has 0 aliphatic carbocycles. The van der Waals surface area contributed by atoms with Crippen molar-refractivity contribution in [1.82, 2.24) is 0 Å². The van der Waals surface area contributed by atoms with Crippen molar-refractivity contribution in [3.05, 3.63) is 59.6 Å². The molecular weight excluding hydrogens is 281 g/mol. The van der Waals surface area contributed by atoms with Crippen molar-refractivity contribution in [1.29, 1.82) is 0 Å². The number of halogens is 2. The van der Waals surface area contributed by atoms with Crippen LogP contribution in [0.15, 0.2) is 54.6 Å². The van der Waals surface area contributed by atoms with E-state index in [4.69, 9.17) is 23.2 Å². The van der Waals surface area contributed by atoms with Crippen LogP contribution in [0.25, 0.3) is 0 Å². The third-order valence-electron chi connectivity index (χ3n) is 2.64. The number of nitrogens with zero attached hydrogens (tertiary/aromatic N) is 1. The van der Waals surface area contributed by atoms with Gasteiger partial charge in [0.05, 0.1) is 5.69 Å². The van der Waals surface area contributed by atoms with Crippen LogP contribution in [-0.4, -0.2) is 11.8 Å². The lowest BCUT2D eigenvalue weighted by molar-refractivity contribution is -0.117. The standard InChI is InChI=1S/C15H13Cl2NO/c16-10-9-15(19)18(13-6-2-1-3-7-13)14-8-4-5-12(17)11-14/h1-8,11H,9-10H2. The molecule has 0 bridgehead atoms. The van der Waals surface area contributed by atoms with Gasteiger partial charge in [-0.2, -0.15) is 0 Å². The van der Waals surface area contributed by atoms with Crippen molar-refractivity contribution in [2.24, 2.45) is 0 Å². The molecule has 0 aliphatic rings. The molecule has 0 saturated heterocycles. The highest BCUT2D eigenvalue weighted by molar-refractivity contribution is 6.31. The summed E-state index contributed by atoms with van der Waals surface area (Å²) in [4.78, 5) is 13.9. The van der Waals surface area contributed by atoms with Gasteiger partial charge in [-0.3, -0.25) is 9.69 Å². The molecule has 1 amide bonds. The largest absolute Gasteiger partial charge is 0.281 e. The Morgan fingerprint density at radius 2 is 1.68 bits per heavy atom. The maximum atomic E-state index is 12.3. The summed E-state index contributed by atoms with van der Waals surface area (Å²) in [5.74, 6) is 0.242. The second-order valence-corrected chi connectivity index (χ2v) is 4.80. The third kappa shape index (κ3) is 3.49. The molecule has 0 aliphatic heterocycles. The minimum absolute atomic E-state index is 0.0523. The van der Waals surface area contributed by atoms with Gasteiger partial charge in [0.15, 0.2) is 0 Å². The van der Waals surface area contributed by atoms with Crippen LogP contribution in [0.3, 0.4) is 0 Å². The summed E-state index contributed by atoms with van der Waals surface area (Å²) in [7, 11) is 0. The third-order valence-corrected chi connectivity index (χ3v) is 3.06. The van der Waals surface area contributed by atoms with Crippen LogP contribution >= 0.6 is 23.2 Å². The molecule has 0 spiro atoms. The van der Waals surface area contributed by atoms with Gasteiger partial charge in [0.25, 0.3) is 0 Å². The second kappa shape index (κ2) is 6.60. The molecule has 0 radical (unpaired) electrons. The molecule has 2 aromatic carbocycles. The van der Waals surface area contributed by atoms with E-state index in [1.807, 2.05) is 42.5 Å². The lowest BCUT2D eigenvalue weighted by Crippen LogP contribution is -2.25. The van der Waals surface area contributed by atoms with Crippen molar-refractivity contribution < 1.29 is 4.79 Å². The molecule has 4 heteroatoms. The summed E-state index contributed by atoms with van der Waals surface area (Å²) in [5, 5.41) is 0.595. The van der Waals surface area contributed by atoms with Gasteiger partial charge < -0.3 is 0 Å². The van der Waals surface area contributed by atoms with Gasteiger partial charge >= 0.3 is 0 Å². The zero-order valence-electron chi connectivity index (χ0n) is 10.2. The molecule has 0 atom stereocenters. The van der Waals surface area contributed by atoms with E-state index in [1.54, 1.807) is 17.0 Å². The van der Waals surface area contributed by atoms with E-state index in [9.17, 15) is 4.79 Å². The van der Waals surface area contributed by atoms with E-state index in [-0.39, 0.29) is 12.3 Å². The topological polar surface area (TPSA) is 20.3 Å². The molecule has 0 heterocycles. The average Bonchev–Trinajstić information content (AvgIpc) is 2.40. The number of benzene rings is 2. The van der Waals surface area contributed by atoms with E-state index < -0.39 is 0 Å². The van der Waals surface area contributed by atoms with Crippen LogP contribution < -0.4 is 4.90 Å². The van der Waals surface area contributed by atoms with Gasteiger partial charge in [-0.05, 0) is 30.3 Å². The first-order valence-electron chi connectivity index (χ1n) is 5.92. The lowest BCUT2D eigenvalue weighted by Gasteiger charge is -2.23. The van der Waals surface area contributed by atoms with Crippen LogP contribution in [-0.2, 0) is 4.79 Å². The Kier molecular flexibility index (Phi) is 4.83. The van der Waals surface area contributed by atoms with Crippen LogP contribution in [0.4, 0.5) is 11.4 Å². The molecule has 0 saturated carbocycles. The molecule has 2 nitrogen and oxygen atoms in total. The Balaban J connectivity index is 2.43. The van der Waals surface area contributed by atoms with Crippen LogP contribution in [0.5, 0.6) is 0 Å². The average molecular weight is 294 g/mol. The number of anilines is 2. The Hall–Kier alpha value is -1.51. The smallest absolute Gasteiger partial charge is 0.232 e. The van der Waals surface area contributed by atoms with Gasteiger partial charge in [0.2, 0.25) is 5.91 Å². The summed E-state index contributed by atoms with van der Waals surface area (Å²) in [6.07, 6.45) is 0.281. The molecule has 98 valence electrons. The number of alkyl halides is 1. The number of para-hydroxylation sites is 1. The van der Waals surface area contributed by atoms with E-state index in [0.29, 0.717) is 10.9 Å². The minimum atomic E-state index is -0.0523. The molecule has 2 rings (SSSR count). The normalized spacial score (nSPS) is 10.2. The lowest BCUT2D eigenvalue weighted by atomic mass is 10.2. The molecule has 19 heavy (non-hydrogen) atoms. The van der Waals surface area contributed by atoms with E-state index in [0.717, 1.165) is 11.4 Å². The van der Waals surface area contributed by atoms with E-state index in [1.165, 1.54) is 0 Å². The maximum Gasteiger partial charge on any atom is 0.232 e. The number of hydrogen-bond donors (Lipinski definition) is 0. The first-order chi connectivity index (χ1) is 9.22. The SMILES string of the molecule is O=C(CCCl)N(c1ccccc1)c1cccc(Cl)c1. The van der Waals surface area contributed by atoms with Crippen molar-refractivity contribution in [2.75, 3.05) is 10.8 Å². The van der Waals surface area contributed by atoms with Gasteiger partial charge in [-0.1, -0.05) is 35.9 Å². The molecule has 0 unspecified atom stereocenters. The second-order valence-electron chi connectivity index (χ2n) is 3.98. The Bertz CT molecular complexity index is 557. The monoisotopic (exact) mass is 293 g/mol. The zero-order chi connectivity index (χ0) is 13.7. The van der Waals surface area contributed by atoms with Gasteiger partial charge in [-0.15, -0.1) is 11.6 Å². The van der Waals surface area contributed by atoms with Crippen molar-refractivity contribution >= 4 is 40.5 Å². The Labute approximate surface area is 122 Å². The van der Waals surface area contributed by atoms with Gasteiger partial charge in [0, 0.05) is 23.0 Å². The van der Waals surface area contributed by atoms with Gasteiger partial charge in [-0.25, -0.2) is 0 Å². The minimum Gasteiger partial charge on any atom is -0.281 e. The molecule has 0 N–H and O–H groups in total. The highest BCUT2D eigenvalue weighted by Gasteiger charge is 2.17. The van der Waals surface area contributed by atoms with Crippen LogP contribution in [0, 0.1) is 0 Å². The summed E-state index contributed by atoms with van der Waals surface area (Å²) in [5.41, 5.74) is 1.55. The number of carbonyl (C=O) groups excluding carboxylic acids is 1. The number of amides is 1. The summed E-state index contributed by atoms with van der Waals surface area (Å²) in [6, 6.07) is 16.7. The first-order valence-corrected chi connectivity index (χ1v) is 6.83. The van der Waals surface area contributed by atoms with Crippen molar-refractivity contribution in [2.45, 2.75) is 6.42 Å². The molecule has 0 fully saturated rings. The summed E-state index contributed by atoms with van der Waals surface area (Å²) >= 11 is 11.7. The summed E-state index contributed by atoms with van der Waals surface area (Å²) < 4.78 is 0.